The lowest BCUT2D eigenvalue weighted by Gasteiger charge is -2.16. The van der Waals surface area contributed by atoms with Crippen LogP contribution in [0.25, 0.3) is 0 Å². The molecule has 1 fully saturated rings. The molecule has 1 heterocycles. The molecule has 2 rings (SSSR count). The number of rotatable bonds is 4. The molecule has 20 heavy (non-hydrogen) atoms. The van der Waals surface area contributed by atoms with E-state index in [0.717, 1.165) is 25.9 Å². The summed E-state index contributed by atoms with van der Waals surface area (Å²) in [6.45, 7) is 3.10. The highest BCUT2D eigenvalue weighted by molar-refractivity contribution is 9.10. The van der Waals surface area contributed by atoms with Crippen LogP contribution in [0, 0.1) is 0 Å². The van der Waals surface area contributed by atoms with Gasteiger partial charge in [0, 0.05) is 23.1 Å². The molecule has 0 saturated carbocycles. The number of benzene rings is 1. The number of carbonyl (C=O) groups excluding carboxylic acids is 1. The van der Waals surface area contributed by atoms with Gasteiger partial charge in [0.25, 0.3) is 5.91 Å². The van der Waals surface area contributed by atoms with E-state index < -0.39 is 10.0 Å². The molecule has 1 aliphatic heterocycles. The number of likely N-dealkylation sites (tertiary alicyclic amines) is 1. The van der Waals surface area contributed by atoms with Gasteiger partial charge in [-0.25, -0.2) is 8.42 Å². The Morgan fingerprint density at radius 3 is 2.55 bits per heavy atom. The summed E-state index contributed by atoms with van der Waals surface area (Å²) in [5.41, 5.74) is 0.902. The van der Waals surface area contributed by atoms with Crippen LogP contribution in [0.15, 0.2) is 22.7 Å². The Morgan fingerprint density at radius 1 is 1.30 bits per heavy atom. The fourth-order valence-electron chi connectivity index (χ4n) is 2.13. The third-order valence-electron chi connectivity index (χ3n) is 3.19. The first kappa shape index (κ1) is 15.3. The van der Waals surface area contributed by atoms with E-state index in [-0.39, 0.29) is 11.7 Å². The Labute approximate surface area is 127 Å². The van der Waals surface area contributed by atoms with Gasteiger partial charge >= 0.3 is 0 Å². The quantitative estimate of drug-likeness (QED) is 0.896. The van der Waals surface area contributed by atoms with E-state index >= 15 is 0 Å². The molecule has 1 aliphatic rings. The smallest absolute Gasteiger partial charge is 0.253 e. The van der Waals surface area contributed by atoms with Gasteiger partial charge in [-0.1, -0.05) is 15.9 Å². The number of amides is 1. The molecule has 1 saturated heterocycles. The zero-order chi connectivity index (χ0) is 14.8. The van der Waals surface area contributed by atoms with Crippen LogP contribution < -0.4 is 4.72 Å². The van der Waals surface area contributed by atoms with Gasteiger partial charge in [0.15, 0.2) is 0 Å². The highest BCUT2D eigenvalue weighted by Crippen LogP contribution is 2.23. The van der Waals surface area contributed by atoms with E-state index in [1.54, 1.807) is 30.0 Å². The van der Waals surface area contributed by atoms with Crippen molar-refractivity contribution in [1.29, 1.82) is 0 Å². The van der Waals surface area contributed by atoms with E-state index in [0.29, 0.717) is 15.7 Å². The van der Waals surface area contributed by atoms with Crippen LogP contribution in [0.4, 0.5) is 5.69 Å². The molecule has 0 aromatic heterocycles. The summed E-state index contributed by atoms with van der Waals surface area (Å²) in [6.07, 6.45) is 2.05. The van der Waals surface area contributed by atoms with E-state index in [2.05, 4.69) is 20.7 Å². The lowest BCUT2D eigenvalue weighted by Crippen LogP contribution is -2.27. The summed E-state index contributed by atoms with van der Waals surface area (Å²) in [6, 6.07) is 4.94. The fraction of sp³-hybridized carbons (Fsp3) is 0.462. The van der Waals surface area contributed by atoms with Crippen LogP contribution in [-0.2, 0) is 10.0 Å². The number of hydrogen-bond donors (Lipinski definition) is 1. The van der Waals surface area contributed by atoms with Crippen molar-refractivity contribution in [2.45, 2.75) is 19.8 Å². The number of sulfonamides is 1. The number of carbonyl (C=O) groups is 1. The summed E-state index contributed by atoms with van der Waals surface area (Å²) in [4.78, 5) is 14.1. The van der Waals surface area contributed by atoms with E-state index in [1.165, 1.54) is 0 Å². The summed E-state index contributed by atoms with van der Waals surface area (Å²) < 4.78 is 26.3. The second kappa shape index (κ2) is 6.13. The first-order valence-electron chi connectivity index (χ1n) is 6.51. The van der Waals surface area contributed by atoms with Crippen molar-refractivity contribution in [3.63, 3.8) is 0 Å². The SMILES string of the molecule is CCS(=O)(=O)Nc1cc(Br)cc(C(=O)N2CCCC2)c1. The first-order valence-corrected chi connectivity index (χ1v) is 8.96. The third kappa shape index (κ3) is 3.73. The average molecular weight is 361 g/mol. The Bertz CT molecular complexity index is 610. The molecule has 5 nitrogen and oxygen atoms in total. The highest BCUT2D eigenvalue weighted by Gasteiger charge is 2.20. The van der Waals surface area contributed by atoms with E-state index in [1.807, 2.05) is 0 Å². The maximum absolute atomic E-state index is 12.3. The minimum Gasteiger partial charge on any atom is -0.339 e. The maximum atomic E-state index is 12.3. The number of halogens is 1. The van der Waals surface area contributed by atoms with E-state index in [4.69, 9.17) is 0 Å². The molecule has 0 unspecified atom stereocenters. The predicted molar refractivity (Wildman–Crippen MR) is 82.4 cm³/mol. The molecule has 1 aromatic carbocycles. The summed E-state index contributed by atoms with van der Waals surface area (Å²) in [5.74, 6) is -0.0599. The minimum atomic E-state index is -3.35. The minimum absolute atomic E-state index is 0.00504. The first-order chi connectivity index (χ1) is 9.41. The van der Waals surface area contributed by atoms with Crippen molar-refractivity contribution < 1.29 is 13.2 Å². The molecule has 0 bridgehead atoms. The van der Waals surface area contributed by atoms with Crippen LogP contribution >= 0.6 is 15.9 Å². The van der Waals surface area contributed by atoms with Gasteiger partial charge in [0.2, 0.25) is 10.0 Å². The second-order valence-electron chi connectivity index (χ2n) is 4.73. The summed E-state index contributed by atoms with van der Waals surface area (Å²) in [5, 5.41) is 0. The molecule has 1 N–H and O–H groups in total. The Hall–Kier alpha value is -1.08. The third-order valence-corrected chi connectivity index (χ3v) is 4.96. The van der Waals surface area contributed by atoms with Crippen molar-refractivity contribution in [1.82, 2.24) is 4.90 Å². The van der Waals surface area contributed by atoms with Crippen LogP contribution in [-0.4, -0.2) is 38.1 Å². The van der Waals surface area contributed by atoms with Gasteiger partial charge < -0.3 is 4.90 Å². The maximum Gasteiger partial charge on any atom is 0.253 e. The second-order valence-corrected chi connectivity index (χ2v) is 7.66. The summed E-state index contributed by atoms with van der Waals surface area (Å²) in [7, 11) is -3.35. The Kier molecular flexibility index (Phi) is 4.70. The lowest BCUT2D eigenvalue weighted by molar-refractivity contribution is 0.0793. The number of nitrogens with zero attached hydrogens (tertiary/aromatic N) is 1. The van der Waals surface area contributed by atoms with Crippen molar-refractivity contribution in [2.24, 2.45) is 0 Å². The standard InChI is InChI=1S/C13H17BrN2O3S/c1-2-20(18,19)15-12-8-10(7-11(14)9-12)13(17)16-5-3-4-6-16/h7-9,15H,2-6H2,1H3. The number of nitrogens with one attached hydrogen (secondary N) is 1. The van der Waals surface area contributed by atoms with Gasteiger partial charge in [-0.3, -0.25) is 9.52 Å². The van der Waals surface area contributed by atoms with Gasteiger partial charge in [-0.15, -0.1) is 0 Å². The lowest BCUT2D eigenvalue weighted by atomic mass is 10.2. The van der Waals surface area contributed by atoms with Crippen LogP contribution in [0.2, 0.25) is 0 Å². The number of hydrogen-bond acceptors (Lipinski definition) is 3. The van der Waals surface area contributed by atoms with Crippen molar-refractivity contribution in [3.05, 3.63) is 28.2 Å². The van der Waals surface area contributed by atoms with Gasteiger partial charge in [0.1, 0.15) is 0 Å². The monoisotopic (exact) mass is 360 g/mol. The van der Waals surface area contributed by atoms with Crippen LogP contribution in [0.1, 0.15) is 30.1 Å². The molecule has 110 valence electrons. The molecule has 0 spiro atoms. The predicted octanol–water partition coefficient (Wildman–Crippen LogP) is 2.45. The zero-order valence-corrected chi connectivity index (χ0v) is 13.6. The van der Waals surface area contributed by atoms with Crippen molar-refractivity contribution in [3.8, 4) is 0 Å². The Morgan fingerprint density at radius 2 is 1.95 bits per heavy atom. The molecule has 0 radical (unpaired) electrons. The largest absolute Gasteiger partial charge is 0.339 e. The van der Waals surface area contributed by atoms with E-state index in [9.17, 15) is 13.2 Å². The average Bonchev–Trinajstić information content (AvgIpc) is 2.90. The topological polar surface area (TPSA) is 66.5 Å². The molecular weight excluding hydrogens is 344 g/mol. The van der Waals surface area contributed by atoms with Crippen LogP contribution in [0.5, 0.6) is 0 Å². The Balaban J connectivity index is 2.26. The molecule has 0 atom stereocenters. The highest BCUT2D eigenvalue weighted by atomic mass is 79.9. The molecule has 1 aromatic rings. The van der Waals surface area contributed by atoms with Crippen molar-refractivity contribution in [2.75, 3.05) is 23.6 Å². The van der Waals surface area contributed by atoms with Gasteiger partial charge in [-0.05, 0) is 38.0 Å². The van der Waals surface area contributed by atoms with Crippen molar-refractivity contribution >= 4 is 37.5 Å². The number of anilines is 1. The van der Waals surface area contributed by atoms with Gasteiger partial charge in [-0.2, -0.15) is 0 Å². The normalized spacial score (nSPS) is 15.4. The molecule has 1 amide bonds. The summed E-state index contributed by atoms with van der Waals surface area (Å²) >= 11 is 3.31. The zero-order valence-electron chi connectivity index (χ0n) is 11.2. The fourth-order valence-corrected chi connectivity index (χ4v) is 3.24. The van der Waals surface area contributed by atoms with Crippen LogP contribution in [0.3, 0.4) is 0 Å². The molecule has 7 heteroatoms. The molecular formula is C13H17BrN2O3S. The van der Waals surface area contributed by atoms with Gasteiger partial charge in [0.05, 0.1) is 11.4 Å². The molecule has 0 aliphatic carbocycles.